The molecule has 1 N–H and O–H groups in total. The van der Waals surface area contributed by atoms with Gasteiger partial charge < -0.3 is 14.7 Å². The first-order valence-corrected chi connectivity index (χ1v) is 7.73. The number of piperidine rings is 1. The normalized spacial score (nSPS) is 21.4. The number of carboxylic acid groups (broad SMARTS) is 1. The Labute approximate surface area is 130 Å². The number of carbonyl (C=O) groups is 2. The first kappa shape index (κ1) is 16.3. The molecule has 0 aliphatic carbocycles. The van der Waals surface area contributed by atoms with Crippen LogP contribution in [-0.2, 0) is 14.3 Å². The zero-order valence-electron chi connectivity index (χ0n) is 12.9. The Hall–Kier alpha value is -2.04. The molecule has 0 saturated carbocycles. The van der Waals surface area contributed by atoms with Gasteiger partial charge in [-0.05, 0) is 43.7 Å². The summed E-state index contributed by atoms with van der Waals surface area (Å²) >= 11 is 0. The molecule has 0 amide bonds. The second-order valence-electron chi connectivity index (χ2n) is 5.74. The van der Waals surface area contributed by atoms with Gasteiger partial charge in [-0.3, -0.25) is 4.79 Å². The number of hydrogen-bond acceptors (Lipinski definition) is 4. The summed E-state index contributed by atoms with van der Waals surface area (Å²) in [6.45, 7) is 0.793. The summed E-state index contributed by atoms with van der Waals surface area (Å²) in [6, 6.07) is 9.60. The standard InChI is InChI=1S/C17H23NO4/c1-22-17(21)15-12-13(6-5-9-16(19)20)10-11-18(15)14-7-3-2-4-8-14/h2-4,7-8,13,15H,5-6,9-12H2,1H3,(H,19,20). The van der Waals surface area contributed by atoms with Crippen LogP contribution >= 0.6 is 0 Å². The van der Waals surface area contributed by atoms with Gasteiger partial charge in [0.25, 0.3) is 0 Å². The molecule has 1 heterocycles. The first-order valence-electron chi connectivity index (χ1n) is 7.73. The summed E-state index contributed by atoms with van der Waals surface area (Å²) in [4.78, 5) is 24.8. The Balaban J connectivity index is 2.02. The Bertz CT molecular complexity index is 503. The Morgan fingerprint density at radius 1 is 1.32 bits per heavy atom. The minimum absolute atomic E-state index is 0.196. The van der Waals surface area contributed by atoms with Crippen LogP contribution in [0.3, 0.4) is 0 Å². The van der Waals surface area contributed by atoms with E-state index < -0.39 is 5.97 Å². The molecule has 0 radical (unpaired) electrons. The molecule has 1 saturated heterocycles. The van der Waals surface area contributed by atoms with Crippen LogP contribution in [0.15, 0.2) is 30.3 Å². The van der Waals surface area contributed by atoms with Crippen LogP contribution in [-0.4, -0.2) is 36.7 Å². The number of esters is 1. The summed E-state index contributed by atoms with van der Waals surface area (Å²) in [5, 5.41) is 8.73. The zero-order chi connectivity index (χ0) is 15.9. The monoisotopic (exact) mass is 305 g/mol. The lowest BCUT2D eigenvalue weighted by atomic mass is 9.86. The molecule has 2 rings (SSSR count). The topological polar surface area (TPSA) is 66.8 Å². The number of hydrogen-bond donors (Lipinski definition) is 1. The number of anilines is 1. The van der Waals surface area contributed by atoms with Crippen molar-refractivity contribution in [1.29, 1.82) is 0 Å². The highest BCUT2D eigenvalue weighted by Gasteiger charge is 2.34. The molecule has 1 aromatic rings. The third kappa shape index (κ3) is 4.23. The van der Waals surface area contributed by atoms with Crippen LogP contribution in [0.4, 0.5) is 5.69 Å². The molecule has 120 valence electrons. The van der Waals surface area contributed by atoms with Gasteiger partial charge in [-0.2, -0.15) is 0 Å². The highest BCUT2D eigenvalue weighted by molar-refractivity contribution is 5.80. The van der Waals surface area contributed by atoms with Crippen molar-refractivity contribution < 1.29 is 19.4 Å². The molecule has 5 heteroatoms. The molecule has 1 aliphatic rings. The fourth-order valence-electron chi connectivity index (χ4n) is 3.13. The molecule has 22 heavy (non-hydrogen) atoms. The maximum absolute atomic E-state index is 12.1. The van der Waals surface area contributed by atoms with Gasteiger partial charge in [-0.25, -0.2) is 4.79 Å². The number of rotatable bonds is 6. The van der Waals surface area contributed by atoms with Gasteiger partial charge in [0.15, 0.2) is 0 Å². The number of benzene rings is 1. The number of ether oxygens (including phenoxy) is 1. The van der Waals surface area contributed by atoms with Crippen molar-refractivity contribution >= 4 is 17.6 Å². The molecular weight excluding hydrogens is 282 g/mol. The molecule has 1 aromatic carbocycles. The predicted octanol–water partition coefficient (Wildman–Crippen LogP) is 2.70. The van der Waals surface area contributed by atoms with E-state index in [2.05, 4.69) is 4.90 Å². The summed E-state index contributed by atoms with van der Waals surface area (Å²) in [7, 11) is 1.42. The molecule has 1 fully saturated rings. The van der Waals surface area contributed by atoms with E-state index in [9.17, 15) is 9.59 Å². The van der Waals surface area contributed by atoms with Crippen molar-refractivity contribution in [2.75, 3.05) is 18.6 Å². The number of methoxy groups -OCH3 is 1. The van der Waals surface area contributed by atoms with Gasteiger partial charge in [-0.1, -0.05) is 18.2 Å². The maximum atomic E-state index is 12.1. The van der Waals surface area contributed by atoms with Gasteiger partial charge >= 0.3 is 11.9 Å². The number of nitrogens with zero attached hydrogens (tertiary/aromatic N) is 1. The molecule has 0 bridgehead atoms. The van der Waals surface area contributed by atoms with E-state index in [0.29, 0.717) is 12.3 Å². The van der Waals surface area contributed by atoms with Gasteiger partial charge in [0.05, 0.1) is 7.11 Å². The smallest absolute Gasteiger partial charge is 0.328 e. The minimum atomic E-state index is -0.758. The Morgan fingerprint density at radius 2 is 2.05 bits per heavy atom. The van der Waals surface area contributed by atoms with Gasteiger partial charge in [0.1, 0.15) is 6.04 Å². The van der Waals surface area contributed by atoms with E-state index in [1.54, 1.807) is 0 Å². The Morgan fingerprint density at radius 3 is 2.68 bits per heavy atom. The SMILES string of the molecule is COC(=O)C1CC(CCCC(=O)O)CCN1c1ccccc1. The Kier molecular flexibility index (Phi) is 5.81. The average Bonchev–Trinajstić information content (AvgIpc) is 2.54. The third-order valence-electron chi connectivity index (χ3n) is 4.28. The first-order chi connectivity index (χ1) is 10.6. The minimum Gasteiger partial charge on any atom is -0.481 e. The van der Waals surface area contributed by atoms with Crippen molar-refractivity contribution in [2.45, 2.75) is 38.1 Å². The van der Waals surface area contributed by atoms with Crippen molar-refractivity contribution in [3.63, 3.8) is 0 Å². The van der Waals surface area contributed by atoms with Crippen molar-refractivity contribution in [2.24, 2.45) is 5.92 Å². The van der Waals surface area contributed by atoms with Gasteiger partial charge in [0, 0.05) is 18.7 Å². The lowest BCUT2D eigenvalue weighted by Gasteiger charge is -2.39. The number of para-hydroxylation sites is 1. The second-order valence-corrected chi connectivity index (χ2v) is 5.74. The molecule has 5 nitrogen and oxygen atoms in total. The fraction of sp³-hybridized carbons (Fsp3) is 0.529. The third-order valence-corrected chi connectivity index (χ3v) is 4.28. The van der Waals surface area contributed by atoms with Gasteiger partial charge in [-0.15, -0.1) is 0 Å². The summed E-state index contributed by atoms with van der Waals surface area (Å²) in [5.74, 6) is -0.596. The zero-order valence-corrected chi connectivity index (χ0v) is 12.9. The van der Waals surface area contributed by atoms with Crippen molar-refractivity contribution in [1.82, 2.24) is 0 Å². The molecule has 2 atom stereocenters. The number of carboxylic acids is 1. The van der Waals surface area contributed by atoms with Crippen LogP contribution < -0.4 is 4.90 Å². The number of aliphatic carboxylic acids is 1. The van der Waals surface area contributed by atoms with Crippen LogP contribution in [0.5, 0.6) is 0 Å². The van der Waals surface area contributed by atoms with E-state index in [1.165, 1.54) is 7.11 Å². The summed E-state index contributed by atoms with van der Waals surface area (Å²) < 4.78 is 4.96. The van der Waals surface area contributed by atoms with Crippen molar-refractivity contribution in [3.05, 3.63) is 30.3 Å². The molecule has 0 aromatic heterocycles. The van der Waals surface area contributed by atoms with Crippen LogP contribution in [0.2, 0.25) is 0 Å². The largest absolute Gasteiger partial charge is 0.481 e. The van der Waals surface area contributed by atoms with E-state index in [0.717, 1.165) is 31.5 Å². The summed E-state index contributed by atoms with van der Waals surface area (Å²) in [5.41, 5.74) is 1.03. The van der Waals surface area contributed by atoms with Crippen LogP contribution in [0.1, 0.15) is 32.1 Å². The van der Waals surface area contributed by atoms with Crippen molar-refractivity contribution in [3.8, 4) is 0 Å². The second kappa shape index (κ2) is 7.82. The van der Waals surface area contributed by atoms with E-state index in [1.807, 2.05) is 30.3 Å². The maximum Gasteiger partial charge on any atom is 0.328 e. The van der Waals surface area contributed by atoms with E-state index in [4.69, 9.17) is 9.84 Å². The predicted molar refractivity (Wildman–Crippen MR) is 83.8 cm³/mol. The van der Waals surface area contributed by atoms with E-state index in [-0.39, 0.29) is 18.4 Å². The van der Waals surface area contributed by atoms with E-state index >= 15 is 0 Å². The quantitative estimate of drug-likeness (QED) is 0.819. The summed E-state index contributed by atoms with van der Waals surface area (Å²) in [6.07, 6.45) is 3.41. The lowest BCUT2D eigenvalue weighted by molar-refractivity contribution is -0.143. The lowest BCUT2D eigenvalue weighted by Crippen LogP contribution is -2.48. The van der Waals surface area contributed by atoms with Gasteiger partial charge in [0.2, 0.25) is 0 Å². The average molecular weight is 305 g/mol. The number of carbonyl (C=O) groups excluding carboxylic acids is 1. The molecular formula is C17H23NO4. The highest BCUT2D eigenvalue weighted by atomic mass is 16.5. The molecule has 0 spiro atoms. The molecule has 1 aliphatic heterocycles. The highest BCUT2D eigenvalue weighted by Crippen LogP contribution is 2.31. The molecule has 2 unspecified atom stereocenters. The van der Waals surface area contributed by atoms with Crippen LogP contribution in [0.25, 0.3) is 0 Å². The fourth-order valence-corrected chi connectivity index (χ4v) is 3.13. The van der Waals surface area contributed by atoms with Crippen LogP contribution in [0, 0.1) is 5.92 Å².